The van der Waals surface area contributed by atoms with Crippen LogP contribution in [0.4, 0.5) is 0 Å². The van der Waals surface area contributed by atoms with Gasteiger partial charge in [-0.1, -0.05) is 0 Å². The Kier molecular flexibility index (Phi) is 6.98. The number of methoxy groups -OCH3 is 2. The Balaban J connectivity index is 3.71. The van der Waals surface area contributed by atoms with Crippen molar-refractivity contribution in [3.8, 4) is 11.5 Å². The predicted molar refractivity (Wildman–Crippen MR) is 86.7 cm³/mol. The van der Waals surface area contributed by atoms with E-state index in [9.17, 15) is 0 Å². The number of thioether (sulfide) groups is 4. The molecule has 6 heteroatoms. The standard InChI is InChI=1S/C12H18O2S4/c1-13-7-9(15-3)11(17-5)8(14-2)12(18-6)10(7)16-4/h1-6H3. The zero-order valence-corrected chi connectivity index (χ0v) is 14.7. The lowest BCUT2D eigenvalue weighted by Gasteiger charge is -2.21. The molecule has 0 amide bonds. The fraction of sp³-hybridized carbons (Fsp3) is 0.500. The zero-order valence-electron chi connectivity index (χ0n) is 11.4. The summed E-state index contributed by atoms with van der Waals surface area (Å²) in [7, 11) is 3.46. The van der Waals surface area contributed by atoms with Crippen molar-refractivity contribution in [2.24, 2.45) is 0 Å². The van der Waals surface area contributed by atoms with Gasteiger partial charge >= 0.3 is 0 Å². The van der Waals surface area contributed by atoms with Gasteiger partial charge in [-0.3, -0.25) is 0 Å². The Hall–Kier alpha value is 0.220. The molecule has 0 fully saturated rings. The van der Waals surface area contributed by atoms with Crippen LogP contribution in [0.1, 0.15) is 0 Å². The molecule has 0 aliphatic rings. The van der Waals surface area contributed by atoms with Crippen molar-refractivity contribution in [1.82, 2.24) is 0 Å². The Morgan fingerprint density at radius 2 is 0.778 bits per heavy atom. The van der Waals surface area contributed by atoms with Gasteiger partial charge < -0.3 is 9.47 Å². The second-order valence-corrected chi connectivity index (χ2v) is 6.47. The third kappa shape index (κ3) is 2.86. The van der Waals surface area contributed by atoms with Crippen molar-refractivity contribution < 1.29 is 9.47 Å². The molecule has 1 aromatic rings. The molecule has 0 bridgehead atoms. The number of hydrogen-bond donors (Lipinski definition) is 0. The van der Waals surface area contributed by atoms with Crippen LogP contribution in [0, 0.1) is 0 Å². The maximum atomic E-state index is 5.62. The molecule has 0 heterocycles. The minimum atomic E-state index is 0.963. The molecule has 0 spiro atoms. The van der Waals surface area contributed by atoms with Crippen molar-refractivity contribution in [1.29, 1.82) is 0 Å². The first-order chi connectivity index (χ1) is 8.69. The normalized spacial score (nSPS) is 10.6. The van der Waals surface area contributed by atoms with Gasteiger partial charge in [0.1, 0.15) is 11.5 Å². The molecular formula is C12H18O2S4. The van der Waals surface area contributed by atoms with E-state index in [4.69, 9.17) is 9.47 Å². The molecule has 0 atom stereocenters. The van der Waals surface area contributed by atoms with Crippen molar-refractivity contribution in [2.75, 3.05) is 39.2 Å². The highest BCUT2D eigenvalue weighted by Crippen LogP contribution is 2.53. The maximum Gasteiger partial charge on any atom is 0.148 e. The highest BCUT2D eigenvalue weighted by Gasteiger charge is 2.24. The average Bonchev–Trinajstić information content (AvgIpc) is 2.43. The van der Waals surface area contributed by atoms with Crippen molar-refractivity contribution in [3.05, 3.63) is 0 Å². The number of rotatable bonds is 6. The van der Waals surface area contributed by atoms with Gasteiger partial charge in [-0.25, -0.2) is 0 Å². The van der Waals surface area contributed by atoms with Crippen LogP contribution >= 0.6 is 47.0 Å². The number of hydrogen-bond acceptors (Lipinski definition) is 6. The highest BCUT2D eigenvalue weighted by molar-refractivity contribution is 8.03. The van der Waals surface area contributed by atoms with Gasteiger partial charge in [0, 0.05) is 0 Å². The first-order valence-corrected chi connectivity index (χ1v) is 10.1. The van der Waals surface area contributed by atoms with E-state index in [1.54, 1.807) is 61.3 Å². The smallest absolute Gasteiger partial charge is 0.148 e. The molecule has 0 N–H and O–H groups in total. The van der Waals surface area contributed by atoms with Gasteiger partial charge in [0.25, 0.3) is 0 Å². The number of benzene rings is 1. The third-order valence-electron chi connectivity index (χ3n) is 2.46. The first kappa shape index (κ1) is 16.3. The fourth-order valence-corrected chi connectivity index (χ4v) is 5.46. The summed E-state index contributed by atoms with van der Waals surface area (Å²) >= 11 is 6.80. The first-order valence-electron chi connectivity index (χ1n) is 5.17. The Morgan fingerprint density at radius 1 is 0.556 bits per heavy atom. The van der Waals surface area contributed by atoms with Crippen molar-refractivity contribution >= 4 is 47.0 Å². The molecule has 0 saturated carbocycles. The van der Waals surface area contributed by atoms with Gasteiger partial charge in [-0.2, -0.15) is 0 Å². The van der Waals surface area contributed by atoms with E-state index in [1.807, 2.05) is 0 Å². The summed E-state index contributed by atoms with van der Waals surface area (Å²) < 4.78 is 11.2. The van der Waals surface area contributed by atoms with E-state index in [0.717, 1.165) is 31.1 Å². The second-order valence-electron chi connectivity index (χ2n) is 3.20. The highest BCUT2D eigenvalue weighted by atomic mass is 32.2. The van der Waals surface area contributed by atoms with Crippen LogP contribution < -0.4 is 9.47 Å². The minimum absolute atomic E-state index is 0.963. The van der Waals surface area contributed by atoms with Crippen LogP contribution in [0.15, 0.2) is 19.6 Å². The van der Waals surface area contributed by atoms with Crippen LogP contribution in [0.5, 0.6) is 11.5 Å². The summed E-state index contributed by atoms with van der Waals surface area (Å²) in [6.45, 7) is 0. The number of ether oxygens (including phenoxy) is 2. The van der Waals surface area contributed by atoms with Crippen LogP contribution in [0.25, 0.3) is 0 Å². The Bertz CT molecular complexity index is 301. The summed E-state index contributed by atoms with van der Waals surface area (Å²) in [6, 6.07) is 0. The molecule has 0 aliphatic carbocycles. The van der Waals surface area contributed by atoms with Gasteiger partial charge in [-0.15, -0.1) is 47.0 Å². The van der Waals surface area contributed by atoms with E-state index in [-0.39, 0.29) is 0 Å². The molecule has 102 valence electrons. The lowest BCUT2D eigenvalue weighted by atomic mass is 10.3. The summed E-state index contributed by atoms with van der Waals surface area (Å²) in [6.07, 6.45) is 8.28. The summed E-state index contributed by atoms with van der Waals surface area (Å²) in [5.74, 6) is 1.93. The molecule has 2 nitrogen and oxygen atoms in total. The summed E-state index contributed by atoms with van der Waals surface area (Å²) in [5, 5.41) is 0. The average molecular weight is 323 g/mol. The van der Waals surface area contributed by atoms with E-state index < -0.39 is 0 Å². The van der Waals surface area contributed by atoms with Crippen LogP contribution in [0.3, 0.4) is 0 Å². The van der Waals surface area contributed by atoms with Crippen molar-refractivity contribution in [3.63, 3.8) is 0 Å². The Labute approximate surface area is 126 Å². The molecule has 18 heavy (non-hydrogen) atoms. The third-order valence-corrected chi connectivity index (χ3v) is 5.91. The monoisotopic (exact) mass is 322 g/mol. The van der Waals surface area contributed by atoms with Crippen LogP contribution in [0.2, 0.25) is 0 Å². The minimum Gasteiger partial charge on any atom is -0.494 e. The molecule has 0 saturated heterocycles. The van der Waals surface area contributed by atoms with Gasteiger partial charge in [0.15, 0.2) is 0 Å². The molecule has 1 aromatic carbocycles. The van der Waals surface area contributed by atoms with E-state index in [2.05, 4.69) is 25.0 Å². The summed E-state index contributed by atoms with van der Waals surface area (Å²) in [5.41, 5.74) is 0. The second kappa shape index (κ2) is 7.72. The molecular weight excluding hydrogens is 304 g/mol. The van der Waals surface area contributed by atoms with E-state index in [1.165, 1.54) is 0 Å². The lowest BCUT2D eigenvalue weighted by molar-refractivity contribution is 0.364. The largest absolute Gasteiger partial charge is 0.494 e. The van der Waals surface area contributed by atoms with Gasteiger partial charge in [0.05, 0.1) is 33.8 Å². The molecule has 0 aliphatic heterocycles. The molecule has 0 aromatic heterocycles. The van der Waals surface area contributed by atoms with E-state index in [0.29, 0.717) is 0 Å². The predicted octanol–water partition coefficient (Wildman–Crippen LogP) is 4.59. The topological polar surface area (TPSA) is 18.5 Å². The van der Waals surface area contributed by atoms with Crippen LogP contribution in [-0.4, -0.2) is 39.2 Å². The fourth-order valence-electron chi connectivity index (χ4n) is 1.73. The quantitative estimate of drug-likeness (QED) is 0.708. The van der Waals surface area contributed by atoms with Gasteiger partial charge in [-0.05, 0) is 25.0 Å². The molecule has 0 unspecified atom stereocenters. The maximum absolute atomic E-state index is 5.62. The SMILES string of the molecule is COc1c(SC)c(SC)c(OC)c(SC)c1SC. The molecule has 0 radical (unpaired) electrons. The summed E-state index contributed by atoms with van der Waals surface area (Å²) in [4.78, 5) is 4.63. The Morgan fingerprint density at radius 3 is 0.889 bits per heavy atom. The lowest BCUT2D eigenvalue weighted by Crippen LogP contribution is -1.98. The molecule has 1 rings (SSSR count). The van der Waals surface area contributed by atoms with Gasteiger partial charge in [0.2, 0.25) is 0 Å². The van der Waals surface area contributed by atoms with Crippen molar-refractivity contribution in [2.45, 2.75) is 19.6 Å². The van der Waals surface area contributed by atoms with E-state index >= 15 is 0 Å². The zero-order chi connectivity index (χ0) is 13.7. The van der Waals surface area contributed by atoms with Crippen LogP contribution in [-0.2, 0) is 0 Å².